The zero-order valence-electron chi connectivity index (χ0n) is 16.9. The van der Waals surface area contributed by atoms with Crippen molar-refractivity contribution < 1.29 is 0 Å². The van der Waals surface area contributed by atoms with E-state index in [1.165, 1.54) is 46.0 Å². The van der Waals surface area contributed by atoms with Crippen LogP contribution in [0.1, 0.15) is 55.9 Å². The molecule has 1 nitrogen and oxygen atoms in total. The van der Waals surface area contributed by atoms with Crippen LogP contribution in [0.5, 0.6) is 0 Å². The van der Waals surface area contributed by atoms with Crippen molar-refractivity contribution in [3.8, 4) is 11.3 Å². The Labute approximate surface area is 158 Å². The quantitative estimate of drug-likeness (QED) is 0.466. The Balaban J connectivity index is 2.07. The molecule has 0 saturated carbocycles. The van der Waals surface area contributed by atoms with Gasteiger partial charge < -0.3 is 0 Å². The third-order valence-electron chi connectivity index (χ3n) is 5.19. The molecule has 0 bridgehead atoms. The van der Waals surface area contributed by atoms with Crippen molar-refractivity contribution in [2.45, 2.75) is 60.3 Å². The second-order valence-electron chi connectivity index (χ2n) is 7.98. The lowest BCUT2D eigenvalue weighted by molar-refractivity contribution is 0.650. The van der Waals surface area contributed by atoms with E-state index >= 15 is 0 Å². The zero-order valence-corrected chi connectivity index (χ0v) is 16.9. The smallest absolute Gasteiger partial charge is 0.0712 e. The van der Waals surface area contributed by atoms with E-state index in [0.717, 1.165) is 24.1 Å². The second-order valence-corrected chi connectivity index (χ2v) is 7.98. The molecule has 0 saturated heterocycles. The number of rotatable bonds is 6. The molecule has 0 aliphatic heterocycles. The van der Waals surface area contributed by atoms with Crippen LogP contribution >= 0.6 is 0 Å². The molecule has 3 rings (SSSR count). The Morgan fingerprint density at radius 2 is 1.77 bits per heavy atom. The van der Waals surface area contributed by atoms with Gasteiger partial charge in [-0.25, -0.2) is 4.98 Å². The summed E-state index contributed by atoms with van der Waals surface area (Å²) in [6, 6.07) is 15.6. The number of hydrogen-bond donors (Lipinski definition) is 0. The largest absolute Gasteiger partial charge is 0.248 e. The SMILES string of the molecule is CCCCc1cc(C)cc(-c2ccc3c(CC(C)C)cccc3n2)c1C. The summed E-state index contributed by atoms with van der Waals surface area (Å²) in [5.41, 5.74) is 9.07. The molecule has 0 aliphatic rings. The molecule has 0 aliphatic carbocycles. The first-order chi connectivity index (χ1) is 12.5. The van der Waals surface area contributed by atoms with Crippen molar-refractivity contribution in [2.75, 3.05) is 0 Å². The van der Waals surface area contributed by atoms with Gasteiger partial charge in [-0.1, -0.05) is 57.0 Å². The molecule has 0 unspecified atom stereocenters. The first-order valence-corrected chi connectivity index (χ1v) is 9.98. The number of unbranched alkanes of at least 4 members (excludes halogenated alkanes) is 1. The van der Waals surface area contributed by atoms with Crippen LogP contribution in [-0.4, -0.2) is 4.98 Å². The van der Waals surface area contributed by atoms with Crippen LogP contribution in [-0.2, 0) is 12.8 Å². The minimum atomic E-state index is 0.653. The van der Waals surface area contributed by atoms with E-state index in [1.54, 1.807) is 0 Å². The van der Waals surface area contributed by atoms with Crippen molar-refractivity contribution in [1.29, 1.82) is 0 Å². The van der Waals surface area contributed by atoms with Crippen molar-refractivity contribution in [3.05, 3.63) is 64.7 Å². The molecule has 0 fully saturated rings. The lowest BCUT2D eigenvalue weighted by Crippen LogP contribution is -1.98. The molecule has 0 atom stereocenters. The van der Waals surface area contributed by atoms with Gasteiger partial charge in [0.1, 0.15) is 0 Å². The predicted molar refractivity (Wildman–Crippen MR) is 114 cm³/mol. The van der Waals surface area contributed by atoms with Gasteiger partial charge in [0.15, 0.2) is 0 Å². The van der Waals surface area contributed by atoms with Crippen LogP contribution in [0.15, 0.2) is 42.5 Å². The summed E-state index contributed by atoms with van der Waals surface area (Å²) in [7, 11) is 0. The lowest BCUT2D eigenvalue weighted by atomic mass is 9.93. The van der Waals surface area contributed by atoms with Crippen molar-refractivity contribution >= 4 is 10.9 Å². The summed E-state index contributed by atoms with van der Waals surface area (Å²) in [5, 5.41) is 1.29. The Hall–Kier alpha value is -2.15. The van der Waals surface area contributed by atoms with Gasteiger partial charge in [0.05, 0.1) is 11.2 Å². The highest BCUT2D eigenvalue weighted by atomic mass is 14.7. The van der Waals surface area contributed by atoms with Crippen LogP contribution in [0.3, 0.4) is 0 Å². The maximum atomic E-state index is 5.04. The third kappa shape index (κ3) is 3.98. The summed E-state index contributed by atoms with van der Waals surface area (Å²) >= 11 is 0. The van der Waals surface area contributed by atoms with E-state index in [2.05, 4.69) is 77.1 Å². The number of pyridine rings is 1. The second kappa shape index (κ2) is 8.03. The molecule has 136 valence electrons. The van der Waals surface area contributed by atoms with Gasteiger partial charge >= 0.3 is 0 Å². The number of hydrogen-bond acceptors (Lipinski definition) is 1. The number of nitrogens with zero attached hydrogens (tertiary/aromatic N) is 1. The maximum absolute atomic E-state index is 5.04. The molecule has 0 spiro atoms. The summed E-state index contributed by atoms with van der Waals surface area (Å²) < 4.78 is 0. The van der Waals surface area contributed by atoms with E-state index in [4.69, 9.17) is 4.98 Å². The molecular formula is C25H31N. The maximum Gasteiger partial charge on any atom is 0.0712 e. The Morgan fingerprint density at radius 1 is 0.962 bits per heavy atom. The number of benzene rings is 2. The Morgan fingerprint density at radius 3 is 2.50 bits per heavy atom. The van der Waals surface area contributed by atoms with Crippen molar-refractivity contribution in [3.63, 3.8) is 0 Å². The summed E-state index contributed by atoms with van der Waals surface area (Å²) in [6.07, 6.45) is 4.73. The number of aromatic nitrogens is 1. The minimum absolute atomic E-state index is 0.653. The van der Waals surface area contributed by atoms with Crippen LogP contribution in [0.25, 0.3) is 22.2 Å². The zero-order chi connectivity index (χ0) is 18.7. The number of fused-ring (bicyclic) bond motifs is 1. The van der Waals surface area contributed by atoms with Gasteiger partial charge in [0.2, 0.25) is 0 Å². The Bertz CT molecular complexity index is 905. The molecule has 1 heterocycles. The van der Waals surface area contributed by atoms with Gasteiger partial charge in [-0.2, -0.15) is 0 Å². The molecule has 3 aromatic rings. The van der Waals surface area contributed by atoms with Crippen molar-refractivity contribution in [1.82, 2.24) is 4.98 Å². The number of aryl methyl sites for hydroxylation is 2. The minimum Gasteiger partial charge on any atom is -0.248 e. The molecule has 0 radical (unpaired) electrons. The van der Waals surface area contributed by atoms with Crippen LogP contribution in [0.4, 0.5) is 0 Å². The van der Waals surface area contributed by atoms with Gasteiger partial charge in [0.25, 0.3) is 0 Å². The Kier molecular flexibility index (Phi) is 5.76. The average Bonchev–Trinajstić information content (AvgIpc) is 2.61. The van der Waals surface area contributed by atoms with Crippen LogP contribution in [0.2, 0.25) is 0 Å². The van der Waals surface area contributed by atoms with Crippen LogP contribution in [0, 0.1) is 19.8 Å². The molecule has 1 aromatic heterocycles. The molecule has 1 heteroatoms. The monoisotopic (exact) mass is 345 g/mol. The van der Waals surface area contributed by atoms with Gasteiger partial charge in [-0.3, -0.25) is 0 Å². The topological polar surface area (TPSA) is 12.9 Å². The first-order valence-electron chi connectivity index (χ1n) is 9.98. The van der Waals surface area contributed by atoms with E-state index in [1.807, 2.05) is 0 Å². The van der Waals surface area contributed by atoms with Gasteiger partial charge in [-0.15, -0.1) is 0 Å². The summed E-state index contributed by atoms with van der Waals surface area (Å²) in [6.45, 7) is 11.2. The molecule has 26 heavy (non-hydrogen) atoms. The highest BCUT2D eigenvalue weighted by molar-refractivity contribution is 5.85. The van der Waals surface area contributed by atoms with E-state index in [-0.39, 0.29) is 0 Å². The van der Waals surface area contributed by atoms with Crippen LogP contribution < -0.4 is 0 Å². The molecular weight excluding hydrogens is 314 g/mol. The average molecular weight is 346 g/mol. The van der Waals surface area contributed by atoms with Gasteiger partial charge in [-0.05, 0) is 73.9 Å². The molecule has 2 aromatic carbocycles. The van der Waals surface area contributed by atoms with Gasteiger partial charge in [0, 0.05) is 10.9 Å². The fourth-order valence-electron chi connectivity index (χ4n) is 3.81. The first kappa shape index (κ1) is 18.6. The van der Waals surface area contributed by atoms with Crippen molar-refractivity contribution in [2.24, 2.45) is 5.92 Å². The standard InChI is InChI=1S/C25H31N/c1-6-7-9-20-15-18(4)16-23(19(20)5)25-13-12-22-21(14-17(2)3)10-8-11-24(22)26-25/h8,10-13,15-17H,6-7,9,14H2,1-5H3. The summed E-state index contributed by atoms with van der Waals surface area (Å²) in [4.78, 5) is 5.04. The normalized spacial score (nSPS) is 11.5. The van der Waals surface area contributed by atoms with E-state index < -0.39 is 0 Å². The fraction of sp³-hybridized carbons (Fsp3) is 0.400. The molecule has 0 N–H and O–H groups in total. The predicted octanol–water partition coefficient (Wildman–Crippen LogP) is 7.06. The fourth-order valence-corrected chi connectivity index (χ4v) is 3.81. The lowest BCUT2D eigenvalue weighted by Gasteiger charge is -2.14. The summed E-state index contributed by atoms with van der Waals surface area (Å²) in [5.74, 6) is 0.653. The molecule has 0 amide bonds. The van der Waals surface area contributed by atoms with E-state index in [9.17, 15) is 0 Å². The highest BCUT2D eigenvalue weighted by Crippen LogP contribution is 2.30. The highest BCUT2D eigenvalue weighted by Gasteiger charge is 2.11. The third-order valence-corrected chi connectivity index (χ3v) is 5.19. The van der Waals surface area contributed by atoms with E-state index in [0.29, 0.717) is 5.92 Å².